The molecule has 0 amide bonds. The lowest BCUT2D eigenvalue weighted by atomic mass is 9.97. The molecule has 2 aromatic carbocycles. The number of nitrogens with one attached hydrogen (secondary N) is 1. The van der Waals surface area contributed by atoms with Crippen molar-refractivity contribution >= 4 is 33.3 Å². The molecule has 6 nitrogen and oxygen atoms in total. The molecule has 2 N–H and O–H groups in total. The lowest BCUT2D eigenvalue weighted by Crippen LogP contribution is -2.28. The summed E-state index contributed by atoms with van der Waals surface area (Å²) in [7, 11) is -2.33. The van der Waals surface area contributed by atoms with Crippen molar-refractivity contribution in [2.75, 3.05) is 17.9 Å². The third-order valence-electron chi connectivity index (χ3n) is 3.97. The van der Waals surface area contributed by atoms with Crippen LogP contribution in [0.25, 0.3) is 0 Å². The average molecular weight is 367 g/mol. The third-order valence-corrected chi connectivity index (χ3v) is 6.03. The summed E-state index contributed by atoms with van der Waals surface area (Å²) in [6.07, 6.45) is 0. The molecule has 0 fully saturated rings. The number of fused-ring (bicyclic) bond motifs is 2. The summed E-state index contributed by atoms with van der Waals surface area (Å²) in [4.78, 5) is 11.1. The Balaban J connectivity index is 2.30. The number of halogens is 1. The smallest absolute Gasteiger partial charge is 0.317 e. The summed E-state index contributed by atoms with van der Waals surface area (Å²) >= 11 is 5.99. The molecule has 126 valence electrons. The number of para-hydroxylation sites is 1. The van der Waals surface area contributed by atoms with E-state index in [-0.39, 0.29) is 11.4 Å². The van der Waals surface area contributed by atoms with E-state index in [1.54, 1.807) is 36.4 Å². The maximum absolute atomic E-state index is 12.9. The third kappa shape index (κ3) is 2.75. The van der Waals surface area contributed by atoms with E-state index < -0.39 is 22.0 Å². The van der Waals surface area contributed by atoms with Gasteiger partial charge in [0.05, 0.1) is 23.2 Å². The Bertz CT molecular complexity index is 914. The van der Waals surface area contributed by atoms with Crippen molar-refractivity contribution in [1.82, 2.24) is 5.32 Å². The Hall–Kier alpha value is -2.09. The number of sulfonamides is 1. The predicted octanol–water partition coefficient (Wildman–Crippen LogP) is 2.24. The number of carboxylic acids is 1. The first-order valence-electron chi connectivity index (χ1n) is 7.15. The second kappa shape index (κ2) is 6.08. The fraction of sp³-hybridized carbons (Fsp3) is 0.188. The molecule has 1 unspecified atom stereocenters. The van der Waals surface area contributed by atoms with Gasteiger partial charge in [0.15, 0.2) is 0 Å². The molecule has 1 aliphatic heterocycles. The molecule has 0 aromatic heterocycles. The zero-order valence-corrected chi connectivity index (χ0v) is 14.3. The van der Waals surface area contributed by atoms with Crippen LogP contribution in [0.2, 0.25) is 5.02 Å². The molecule has 0 spiro atoms. The lowest BCUT2D eigenvalue weighted by molar-refractivity contribution is -0.136. The van der Waals surface area contributed by atoms with Crippen molar-refractivity contribution in [3.8, 4) is 0 Å². The van der Waals surface area contributed by atoms with E-state index in [1.807, 2.05) is 0 Å². The minimum Gasteiger partial charge on any atom is -0.480 e. The van der Waals surface area contributed by atoms with Gasteiger partial charge in [-0.3, -0.25) is 14.4 Å². The van der Waals surface area contributed by atoms with Gasteiger partial charge in [0.1, 0.15) is 0 Å². The van der Waals surface area contributed by atoms with Crippen LogP contribution < -0.4 is 9.62 Å². The Kier molecular flexibility index (Phi) is 4.25. The van der Waals surface area contributed by atoms with Crippen molar-refractivity contribution < 1.29 is 18.3 Å². The van der Waals surface area contributed by atoms with Crippen LogP contribution in [0.4, 0.5) is 5.69 Å². The number of benzene rings is 2. The number of aliphatic carboxylic acids is 1. The number of carboxylic acid groups (broad SMARTS) is 1. The second-order valence-corrected chi connectivity index (χ2v) is 7.80. The Morgan fingerprint density at radius 2 is 1.96 bits per heavy atom. The summed E-state index contributed by atoms with van der Waals surface area (Å²) in [5.74, 6) is -1.02. The van der Waals surface area contributed by atoms with Crippen molar-refractivity contribution in [2.24, 2.45) is 0 Å². The fourth-order valence-corrected chi connectivity index (χ4v) is 4.56. The average Bonchev–Trinajstić information content (AvgIpc) is 2.61. The van der Waals surface area contributed by atoms with Gasteiger partial charge in [-0.2, -0.15) is 0 Å². The van der Waals surface area contributed by atoms with Crippen LogP contribution in [-0.4, -0.2) is 33.1 Å². The molecule has 1 heterocycles. The highest BCUT2D eigenvalue weighted by atomic mass is 35.5. The molecule has 0 saturated heterocycles. The normalized spacial score (nSPS) is 18.4. The number of hydrogen-bond acceptors (Lipinski definition) is 4. The highest BCUT2D eigenvalue weighted by Gasteiger charge is 2.35. The van der Waals surface area contributed by atoms with Crippen LogP contribution in [0, 0.1) is 0 Å². The van der Waals surface area contributed by atoms with Gasteiger partial charge in [-0.05, 0) is 29.3 Å². The first kappa shape index (κ1) is 16.8. The van der Waals surface area contributed by atoms with Gasteiger partial charge in [0.2, 0.25) is 0 Å². The molecule has 0 bridgehead atoms. The number of carbonyl (C=O) groups is 1. The van der Waals surface area contributed by atoms with Crippen LogP contribution in [0.1, 0.15) is 17.2 Å². The highest BCUT2D eigenvalue weighted by molar-refractivity contribution is 7.92. The second-order valence-electron chi connectivity index (χ2n) is 5.42. The Labute approximate surface area is 144 Å². The molecule has 1 atom stereocenters. The van der Waals surface area contributed by atoms with E-state index in [4.69, 9.17) is 16.7 Å². The number of rotatable bonds is 3. The van der Waals surface area contributed by atoms with E-state index in [9.17, 15) is 13.2 Å². The van der Waals surface area contributed by atoms with Gasteiger partial charge in [-0.1, -0.05) is 35.9 Å². The maximum Gasteiger partial charge on any atom is 0.317 e. The van der Waals surface area contributed by atoms with Gasteiger partial charge in [0.25, 0.3) is 10.0 Å². The van der Waals surface area contributed by atoms with E-state index in [0.29, 0.717) is 21.8 Å². The van der Waals surface area contributed by atoms with Gasteiger partial charge >= 0.3 is 5.97 Å². The largest absolute Gasteiger partial charge is 0.480 e. The molecule has 0 radical (unpaired) electrons. The summed E-state index contributed by atoms with van der Waals surface area (Å²) < 4.78 is 27.1. The van der Waals surface area contributed by atoms with Crippen molar-refractivity contribution in [3.63, 3.8) is 0 Å². The Morgan fingerprint density at radius 3 is 2.67 bits per heavy atom. The summed E-state index contributed by atoms with van der Waals surface area (Å²) in [5, 5.41) is 12.2. The van der Waals surface area contributed by atoms with Crippen molar-refractivity contribution in [2.45, 2.75) is 10.9 Å². The Morgan fingerprint density at radius 1 is 1.25 bits per heavy atom. The first-order chi connectivity index (χ1) is 11.3. The number of hydrogen-bond donors (Lipinski definition) is 2. The zero-order chi connectivity index (χ0) is 17.5. The van der Waals surface area contributed by atoms with Crippen LogP contribution in [0.3, 0.4) is 0 Å². The number of anilines is 1. The molecule has 24 heavy (non-hydrogen) atoms. The maximum atomic E-state index is 12.9. The summed E-state index contributed by atoms with van der Waals surface area (Å²) in [6, 6.07) is 11.0. The SMILES string of the molecule is CN1c2ccccc2C(NCC(=O)O)c2ccc(Cl)cc2S1(=O)=O. The van der Waals surface area contributed by atoms with Crippen molar-refractivity contribution in [3.05, 3.63) is 58.6 Å². The van der Waals surface area contributed by atoms with Crippen LogP contribution in [-0.2, 0) is 14.8 Å². The van der Waals surface area contributed by atoms with Crippen LogP contribution in [0.5, 0.6) is 0 Å². The van der Waals surface area contributed by atoms with Gasteiger partial charge in [-0.15, -0.1) is 0 Å². The monoisotopic (exact) mass is 366 g/mol. The van der Waals surface area contributed by atoms with E-state index in [1.165, 1.54) is 17.4 Å². The zero-order valence-electron chi connectivity index (χ0n) is 12.7. The minimum absolute atomic E-state index is 0.0663. The fourth-order valence-electron chi connectivity index (χ4n) is 2.84. The van der Waals surface area contributed by atoms with Gasteiger partial charge in [-0.25, -0.2) is 8.42 Å². The van der Waals surface area contributed by atoms with Gasteiger partial charge < -0.3 is 5.11 Å². The van der Waals surface area contributed by atoms with Crippen LogP contribution >= 0.6 is 11.6 Å². The quantitative estimate of drug-likeness (QED) is 0.870. The molecular weight excluding hydrogens is 352 g/mol. The van der Waals surface area contributed by atoms with Crippen molar-refractivity contribution in [1.29, 1.82) is 0 Å². The van der Waals surface area contributed by atoms with E-state index in [2.05, 4.69) is 5.32 Å². The van der Waals surface area contributed by atoms with E-state index in [0.717, 1.165) is 0 Å². The minimum atomic E-state index is -3.80. The summed E-state index contributed by atoms with van der Waals surface area (Å²) in [6.45, 7) is -0.301. The molecular formula is C16H15ClN2O4S. The van der Waals surface area contributed by atoms with Crippen LogP contribution in [0.15, 0.2) is 47.4 Å². The number of nitrogens with zero attached hydrogens (tertiary/aromatic N) is 1. The first-order valence-corrected chi connectivity index (χ1v) is 8.96. The lowest BCUT2D eigenvalue weighted by Gasteiger charge is -2.21. The standard InChI is InChI=1S/C16H15ClN2O4S/c1-19-13-5-3-2-4-11(13)16(18-9-15(20)21)12-7-6-10(17)8-14(12)24(19,22)23/h2-8,16,18H,9H2,1H3,(H,20,21). The molecule has 3 rings (SSSR count). The van der Waals surface area contributed by atoms with Gasteiger partial charge in [0, 0.05) is 12.1 Å². The summed E-state index contributed by atoms with van der Waals surface area (Å²) in [5.41, 5.74) is 1.65. The molecule has 0 saturated carbocycles. The molecule has 8 heteroatoms. The predicted molar refractivity (Wildman–Crippen MR) is 91.0 cm³/mol. The molecule has 0 aliphatic carbocycles. The molecule has 2 aromatic rings. The van der Waals surface area contributed by atoms with E-state index >= 15 is 0 Å². The topological polar surface area (TPSA) is 86.7 Å². The highest BCUT2D eigenvalue weighted by Crippen LogP contribution is 2.40. The molecule has 1 aliphatic rings.